The molecule has 0 radical (unpaired) electrons. The lowest BCUT2D eigenvalue weighted by Gasteiger charge is -2.13. The number of hydrogen-bond acceptors (Lipinski definition) is 3. The maximum Gasteiger partial charge on any atom is 0.339 e. The minimum atomic E-state index is -2.73. The molecule has 1 heterocycles. The van der Waals surface area contributed by atoms with E-state index < -0.39 is 12.5 Å². The standard InChI is InChI=1S/C13H11BrF2N2O3/c1-7-4-8(14)5-9(12(19)20)11(7)21-6-10-17-2-3-18(10)13(15)16/h2-5,13H,6H2,1H3,(H,19,20). The van der Waals surface area contributed by atoms with Gasteiger partial charge in [0, 0.05) is 16.9 Å². The van der Waals surface area contributed by atoms with Gasteiger partial charge in [0.05, 0.1) is 0 Å². The number of aromatic nitrogens is 2. The molecule has 2 aromatic rings. The van der Waals surface area contributed by atoms with Gasteiger partial charge < -0.3 is 9.84 Å². The Morgan fingerprint density at radius 1 is 1.52 bits per heavy atom. The third-order valence-corrected chi connectivity index (χ3v) is 3.23. The van der Waals surface area contributed by atoms with Gasteiger partial charge in [0.25, 0.3) is 0 Å². The van der Waals surface area contributed by atoms with Crippen LogP contribution < -0.4 is 4.74 Å². The van der Waals surface area contributed by atoms with Gasteiger partial charge in [-0.05, 0) is 24.6 Å². The summed E-state index contributed by atoms with van der Waals surface area (Å²) >= 11 is 3.20. The summed E-state index contributed by atoms with van der Waals surface area (Å²) in [4.78, 5) is 15.0. The second-order valence-electron chi connectivity index (χ2n) is 4.22. The van der Waals surface area contributed by atoms with Gasteiger partial charge in [-0.25, -0.2) is 9.78 Å². The number of rotatable bonds is 5. The van der Waals surface area contributed by atoms with Crippen LogP contribution in [0.4, 0.5) is 8.78 Å². The molecular formula is C13H11BrF2N2O3. The minimum Gasteiger partial charge on any atom is -0.484 e. The Bertz CT molecular complexity index is 673. The first-order chi connectivity index (χ1) is 9.90. The quantitative estimate of drug-likeness (QED) is 0.884. The fourth-order valence-corrected chi connectivity index (χ4v) is 2.42. The molecule has 1 N–H and O–H groups in total. The van der Waals surface area contributed by atoms with Crippen molar-refractivity contribution in [2.24, 2.45) is 0 Å². The smallest absolute Gasteiger partial charge is 0.339 e. The molecule has 5 nitrogen and oxygen atoms in total. The molecule has 8 heteroatoms. The lowest BCUT2D eigenvalue weighted by molar-refractivity contribution is 0.0623. The van der Waals surface area contributed by atoms with Gasteiger partial charge in [-0.3, -0.25) is 4.57 Å². The van der Waals surface area contributed by atoms with Crippen LogP contribution in [0.15, 0.2) is 29.0 Å². The molecule has 0 amide bonds. The Hall–Kier alpha value is -1.96. The largest absolute Gasteiger partial charge is 0.484 e. The van der Waals surface area contributed by atoms with Crippen molar-refractivity contribution in [3.63, 3.8) is 0 Å². The van der Waals surface area contributed by atoms with Crippen molar-refractivity contribution in [2.75, 3.05) is 0 Å². The Morgan fingerprint density at radius 2 is 2.24 bits per heavy atom. The van der Waals surface area contributed by atoms with E-state index in [2.05, 4.69) is 20.9 Å². The molecular weight excluding hydrogens is 350 g/mol. The summed E-state index contributed by atoms with van der Waals surface area (Å²) in [5.74, 6) is -1.01. The van der Waals surface area contributed by atoms with Crippen molar-refractivity contribution in [1.29, 1.82) is 0 Å². The molecule has 1 aromatic heterocycles. The highest BCUT2D eigenvalue weighted by atomic mass is 79.9. The van der Waals surface area contributed by atoms with Crippen LogP contribution in [0.25, 0.3) is 0 Å². The van der Waals surface area contributed by atoms with Crippen molar-refractivity contribution < 1.29 is 23.4 Å². The topological polar surface area (TPSA) is 64.3 Å². The first-order valence-electron chi connectivity index (χ1n) is 5.86. The zero-order chi connectivity index (χ0) is 15.6. The average Bonchev–Trinajstić information content (AvgIpc) is 2.85. The summed E-state index contributed by atoms with van der Waals surface area (Å²) in [5, 5.41) is 9.17. The number of ether oxygens (including phenoxy) is 1. The fourth-order valence-electron chi connectivity index (χ4n) is 1.85. The summed E-state index contributed by atoms with van der Waals surface area (Å²) in [7, 11) is 0. The van der Waals surface area contributed by atoms with Crippen molar-refractivity contribution >= 4 is 21.9 Å². The highest BCUT2D eigenvalue weighted by Crippen LogP contribution is 2.29. The number of alkyl halides is 2. The highest BCUT2D eigenvalue weighted by Gasteiger charge is 2.17. The number of hydrogen-bond donors (Lipinski definition) is 1. The Labute approximate surface area is 127 Å². The number of halogens is 3. The van der Waals surface area contributed by atoms with Gasteiger partial charge in [0.1, 0.15) is 17.9 Å². The van der Waals surface area contributed by atoms with Crippen LogP contribution in [-0.4, -0.2) is 20.6 Å². The summed E-state index contributed by atoms with van der Waals surface area (Å²) in [6.45, 7) is -1.30. The fraction of sp³-hybridized carbons (Fsp3) is 0.231. The van der Waals surface area contributed by atoms with E-state index in [1.165, 1.54) is 12.3 Å². The van der Waals surface area contributed by atoms with E-state index in [4.69, 9.17) is 4.74 Å². The normalized spacial score (nSPS) is 10.9. The van der Waals surface area contributed by atoms with Gasteiger partial charge >= 0.3 is 12.5 Å². The second-order valence-corrected chi connectivity index (χ2v) is 5.14. The van der Waals surface area contributed by atoms with Crippen molar-refractivity contribution in [3.05, 3.63) is 46.0 Å². The van der Waals surface area contributed by atoms with Gasteiger partial charge in [-0.2, -0.15) is 8.78 Å². The number of aromatic carboxylic acids is 1. The van der Waals surface area contributed by atoms with Crippen molar-refractivity contribution in [2.45, 2.75) is 20.1 Å². The van der Waals surface area contributed by atoms with Crippen LogP contribution >= 0.6 is 15.9 Å². The molecule has 0 aliphatic rings. The van der Waals surface area contributed by atoms with E-state index in [1.807, 2.05) is 0 Å². The molecule has 0 aliphatic carbocycles. The maximum atomic E-state index is 12.7. The first kappa shape index (κ1) is 15.4. The third-order valence-electron chi connectivity index (χ3n) is 2.77. The minimum absolute atomic E-state index is 0.0173. The molecule has 112 valence electrons. The van der Waals surface area contributed by atoms with E-state index in [1.54, 1.807) is 13.0 Å². The summed E-state index contributed by atoms with van der Waals surface area (Å²) < 4.78 is 32.0. The highest BCUT2D eigenvalue weighted by molar-refractivity contribution is 9.10. The Kier molecular flexibility index (Phi) is 4.56. The van der Waals surface area contributed by atoms with Crippen molar-refractivity contribution in [1.82, 2.24) is 9.55 Å². The van der Waals surface area contributed by atoms with E-state index >= 15 is 0 Å². The predicted molar refractivity (Wildman–Crippen MR) is 73.7 cm³/mol. The SMILES string of the molecule is Cc1cc(Br)cc(C(=O)O)c1OCc1nccn1C(F)F. The number of aryl methyl sites for hydroxylation is 1. The van der Waals surface area contributed by atoms with Crippen LogP contribution in [0.2, 0.25) is 0 Å². The Balaban J connectivity index is 2.28. The third kappa shape index (κ3) is 3.38. The van der Waals surface area contributed by atoms with E-state index in [0.717, 1.165) is 6.20 Å². The van der Waals surface area contributed by atoms with Gasteiger partial charge in [-0.1, -0.05) is 15.9 Å². The maximum absolute atomic E-state index is 12.7. The predicted octanol–water partition coefficient (Wildman–Crippen LogP) is 3.63. The van der Waals surface area contributed by atoms with Gasteiger partial charge in [-0.15, -0.1) is 0 Å². The number of benzene rings is 1. The first-order valence-corrected chi connectivity index (χ1v) is 6.65. The van der Waals surface area contributed by atoms with Crippen molar-refractivity contribution in [3.8, 4) is 5.75 Å². The average molecular weight is 361 g/mol. The van der Waals surface area contributed by atoms with Gasteiger partial charge in [0.2, 0.25) is 0 Å². The summed E-state index contributed by atoms with van der Waals surface area (Å²) in [5.41, 5.74) is 0.536. The molecule has 0 saturated heterocycles. The zero-order valence-corrected chi connectivity index (χ0v) is 12.5. The van der Waals surface area contributed by atoms with Gasteiger partial charge in [0.15, 0.2) is 5.82 Å². The molecule has 2 rings (SSSR count). The number of nitrogens with zero attached hydrogens (tertiary/aromatic N) is 2. The number of carbonyl (C=O) groups is 1. The lowest BCUT2D eigenvalue weighted by Crippen LogP contribution is -2.10. The van der Waals surface area contributed by atoms with Crippen LogP contribution in [-0.2, 0) is 6.61 Å². The van der Waals surface area contributed by atoms with Crippen LogP contribution in [0.1, 0.15) is 28.3 Å². The van der Waals surface area contributed by atoms with Crippen LogP contribution in [0, 0.1) is 6.92 Å². The molecule has 0 atom stereocenters. The number of imidazole rings is 1. The van der Waals surface area contributed by atoms with Crippen LogP contribution in [0.5, 0.6) is 5.75 Å². The molecule has 0 spiro atoms. The molecule has 0 saturated carbocycles. The lowest BCUT2D eigenvalue weighted by atomic mass is 10.1. The molecule has 0 aliphatic heterocycles. The zero-order valence-electron chi connectivity index (χ0n) is 10.9. The molecule has 0 fully saturated rings. The number of carboxylic acid groups (broad SMARTS) is 1. The second kappa shape index (κ2) is 6.21. The van der Waals surface area contributed by atoms with E-state index in [-0.39, 0.29) is 23.7 Å². The Morgan fingerprint density at radius 3 is 2.86 bits per heavy atom. The monoisotopic (exact) mass is 360 g/mol. The number of carboxylic acids is 1. The molecule has 0 unspecified atom stereocenters. The molecule has 21 heavy (non-hydrogen) atoms. The summed E-state index contributed by atoms with van der Waals surface area (Å²) in [6, 6.07) is 3.08. The van der Waals surface area contributed by atoms with Crippen LogP contribution in [0.3, 0.4) is 0 Å². The van der Waals surface area contributed by atoms with E-state index in [0.29, 0.717) is 14.6 Å². The molecule has 1 aromatic carbocycles. The molecule has 0 bridgehead atoms. The van der Waals surface area contributed by atoms with E-state index in [9.17, 15) is 18.7 Å². The summed E-state index contributed by atoms with van der Waals surface area (Å²) in [6.07, 6.45) is 2.37.